The van der Waals surface area contributed by atoms with Crippen LogP contribution in [0, 0.1) is 11.7 Å². The molecule has 1 aliphatic rings. The van der Waals surface area contributed by atoms with Crippen LogP contribution in [0.5, 0.6) is 0 Å². The summed E-state index contributed by atoms with van der Waals surface area (Å²) >= 11 is 0. The van der Waals surface area contributed by atoms with Crippen LogP contribution in [-0.4, -0.2) is 34.1 Å². The Kier molecular flexibility index (Phi) is 5.49. The van der Waals surface area contributed by atoms with Crippen LogP contribution < -0.4 is 0 Å². The van der Waals surface area contributed by atoms with Gasteiger partial charge in [0.2, 0.25) is 0 Å². The molecule has 4 heteroatoms. The first-order chi connectivity index (χ1) is 9.61. The fourth-order valence-corrected chi connectivity index (χ4v) is 2.55. The molecule has 1 saturated carbocycles. The molecule has 112 valence electrons. The molecule has 1 N–H and O–H groups in total. The Bertz CT molecular complexity index is 405. The van der Waals surface area contributed by atoms with Crippen LogP contribution in [0.1, 0.15) is 51.3 Å². The number of pyridine rings is 1. The fraction of sp³-hybridized carbons (Fsp3) is 0.688. The third kappa shape index (κ3) is 4.25. The van der Waals surface area contributed by atoms with Crippen LogP contribution in [-0.2, 0) is 0 Å². The SMILES string of the molecule is CCCCN(CC(C)C(O)c1ccc(F)cn1)C1CC1. The zero-order chi connectivity index (χ0) is 14.5. The summed E-state index contributed by atoms with van der Waals surface area (Å²) in [6, 6.07) is 3.63. The van der Waals surface area contributed by atoms with Gasteiger partial charge in [-0.3, -0.25) is 4.98 Å². The van der Waals surface area contributed by atoms with Crippen LogP contribution in [0.2, 0.25) is 0 Å². The molecule has 1 heterocycles. The lowest BCUT2D eigenvalue weighted by Gasteiger charge is -2.28. The topological polar surface area (TPSA) is 36.4 Å². The molecule has 0 aromatic carbocycles. The molecule has 0 amide bonds. The number of halogens is 1. The van der Waals surface area contributed by atoms with E-state index in [-0.39, 0.29) is 11.7 Å². The normalized spacial score (nSPS) is 18.2. The van der Waals surface area contributed by atoms with Gasteiger partial charge in [0, 0.05) is 18.5 Å². The first-order valence-electron chi connectivity index (χ1n) is 7.65. The number of nitrogens with zero attached hydrogens (tertiary/aromatic N) is 2. The van der Waals surface area contributed by atoms with E-state index in [1.165, 1.54) is 37.9 Å². The van der Waals surface area contributed by atoms with E-state index in [0.29, 0.717) is 11.7 Å². The highest BCUT2D eigenvalue weighted by Gasteiger charge is 2.31. The Balaban J connectivity index is 1.91. The average Bonchev–Trinajstić information content (AvgIpc) is 3.27. The van der Waals surface area contributed by atoms with Gasteiger partial charge >= 0.3 is 0 Å². The lowest BCUT2D eigenvalue weighted by molar-refractivity contribution is 0.0818. The predicted octanol–water partition coefficient (Wildman–Crippen LogP) is 3.15. The van der Waals surface area contributed by atoms with Gasteiger partial charge in [-0.25, -0.2) is 4.39 Å². The molecule has 1 aliphatic carbocycles. The number of hydrogen-bond donors (Lipinski definition) is 1. The Morgan fingerprint density at radius 2 is 2.20 bits per heavy atom. The molecule has 1 fully saturated rings. The number of hydrogen-bond acceptors (Lipinski definition) is 3. The van der Waals surface area contributed by atoms with Crippen molar-refractivity contribution in [3.63, 3.8) is 0 Å². The highest BCUT2D eigenvalue weighted by atomic mass is 19.1. The standard InChI is InChI=1S/C16H25FN2O/c1-3-4-9-19(14-6-7-14)11-12(2)16(20)15-8-5-13(17)10-18-15/h5,8,10,12,14,16,20H,3-4,6-7,9,11H2,1-2H3. The van der Waals surface area contributed by atoms with E-state index in [9.17, 15) is 9.50 Å². The van der Waals surface area contributed by atoms with Gasteiger partial charge in [-0.2, -0.15) is 0 Å². The first-order valence-corrected chi connectivity index (χ1v) is 7.65. The maximum atomic E-state index is 12.9. The molecule has 0 bridgehead atoms. The van der Waals surface area contributed by atoms with Crippen molar-refractivity contribution in [2.45, 2.75) is 51.7 Å². The van der Waals surface area contributed by atoms with Gasteiger partial charge in [-0.1, -0.05) is 20.3 Å². The average molecular weight is 280 g/mol. The smallest absolute Gasteiger partial charge is 0.141 e. The number of unbranched alkanes of at least 4 members (excludes halogenated alkanes) is 1. The second-order valence-corrected chi connectivity index (χ2v) is 5.90. The third-order valence-electron chi connectivity index (χ3n) is 3.98. The summed E-state index contributed by atoms with van der Waals surface area (Å²) in [6.45, 7) is 6.22. The summed E-state index contributed by atoms with van der Waals surface area (Å²) in [4.78, 5) is 6.47. The molecule has 20 heavy (non-hydrogen) atoms. The van der Waals surface area contributed by atoms with E-state index < -0.39 is 6.10 Å². The summed E-state index contributed by atoms with van der Waals surface area (Å²) in [5.41, 5.74) is 0.560. The van der Waals surface area contributed by atoms with Gasteiger partial charge in [0.25, 0.3) is 0 Å². The minimum absolute atomic E-state index is 0.102. The van der Waals surface area contributed by atoms with Crippen LogP contribution in [0.25, 0.3) is 0 Å². The van der Waals surface area contributed by atoms with E-state index in [2.05, 4.69) is 16.8 Å². The predicted molar refractivity (Wildman–Crippen MR) is 77.8 cm³/mol. The lowest BCUT2D eigenvalue weighted by Crippen LogP contribution is -2.34. The zero-order valence-electron chi connectivity index (χ0n) is 12.4. The molecule has 1 aromatic rings. The van der Waals surface area contributed by atoms with Crippen molar-refractivity contribution < 1.29 is 9.50 Å². The van der Waals surface area contributed by atoms with Crippen LogP contribution in [0.4, 0.5) is 4.39 Å². The second-order valence-electron chi connectivity index (χ2n) is 5.90. The van der Waals surface area contributed by atoms with E-state index >= 15 is 0 Å². The van der Waals surface area contributed by atoms with Crippen LogP contribution in [0.15, 0.2) is 18.3 Å². The molecule has 0 radical (unpaired) electrons. The van der Waals surface area contributed by atoms with Crippen LogP contribution >= 0.6 is 0 Å². The van der Waals surface area contributed by atoms with Gasteiger partial charge < -0.3 is 10.0 Å². The van der Waals surface area contributed by atoms with Gasteiger partial charge in [-0.15, -0.1) is 0 Å². The summed E-state index contributed by atoms with van der Waals surface area (Å²) in [6.07, 6.45) is 5.50. The number of rotatable bonds is 8. The Hall–Kier alpha value is -1.00. The Morgan fingerprint density at radius 1 is 1.45 bits per heavy atom. The number of aromatic nitrogens is 1. The molecule has 0 aliphatic heterocycles. The zero-order valence-corrected chi connectivity index (χ0v) is 12.4. The van der Waals surface area contributed by atoms with E-state index in [0.717, 1.165) is 13.1 Å². The molecule has 0 spiro atoms. The van der Waals surface area contributed by atoms with Gasteiger partial charge in [-0.05, 0) is 37.9 Å². The van der Waals surface area contributed by atoms with Crippen molar-refractivity contribution in [3.8, 4) is 0 Å². The van der Waals surface area contributed by atoms with E-state index in [1.807, 2.05) is 6.92 Å². The van der Waals surface area contributed by atoms with Crippen LogP contribution in [0.3, 0.4) is 0 Å². The van der Waals surface area contributed by atoms with Gasteiger partial charge in [0.15, 0.2) is 0 Å². The van der Waals surface area contributed by atoms with Crippen molar-refractivity contribution >= 4 is 0 Å². The summed E-state index contributed by atoms with van der Waals surface area (Å²) in [7, 11) is 0. The summed E-state index contributed by atoms with van der Waals surface area (Å²) in [5, 5.41) is 10.3. The first kappa shape index (κ1) is 15.4. The monoisotopic (exact) mass is 280 g/mol. The summed E-state index contributed by atoms with van der Waals surface area (Å²) in [5.74, 6) is -0.262. The summed E-state index contributed by atoms with van der Waals surface area (Å²) < 4.78 is 12.9. The van der Waals surface area contributed by atoms with E-state index in [1.54, 1.807) is 6.07 Å². The molecule has 0 saturated heterocycles. The maximum Gasteiger partial charge on any atom is 0.141 e. The molecular formula is C16H25FN2O. The third-order valence-corrected chi connectivity index (χ3v) is 3.98. The van der Waals surface area contributed by atoms with Crippen molar-refractivity contribution in [2.24, 2.45) is 5.92 Å². The highest BCUT2D eigenvalue weighted by molar-refractivity contribution is 5.09. The van der Waals surface area contributed by atoms with Crippen molar-refractivity contribution in [3.05, 3.63) is 29.8 Å². The molecule has 2 rings (SSSR count). The number of aliphatic hydroxyl groups excluding tert-OH is 1. The molecule has 2 unspecified atom stereocenters. The Labute approximate surface area is 120 Å². The fourth-order valence-electron chi connectivity index (χ4n) is 2.55. The van der Waals surface area contributed by atoms with Crippen molar-refractivity contribution in [1.29, 1.82) is 0 Å². The second kappa shape index (κ2) is 7.14. The maximum absolute atomic E-state index is 12.9. The molecule has 3 nitrogen and oxygen atoms in total. The largest absolute Gasteiger partial charge is 0.386 e. The van der Waals surface area contributed by atoms with Crippen molar-refractivity contribution in [2.75, 3.05) is 13.1 Å². The van der Waals surface area contributed by atoms with Crippen molar-refractivity contribution in [1.82, 2.24) is 9.88 Å². The quantitative estimate of drug-likeness (QED) is 0.794. The minimum Gasteiger partial charge on any atom is -0.386 e. The van der Waals surface area contributed by atoms with Gasteiger partial charge in [0.05, 0.1) is 18.0 Å². The van der Waals surface area contributed by atoms with Gasteiger partial charge in [0.1, 0.15) is 5.82 Å². The Morgan fingerprint density at radius 3 is 2.75 bits per heavy atom. The molecule has 2 atom stereocenters. The lowest BCUT2D eigenvalue weighted by atomic mass is 10.0. The van der Waals surface area contributed by atoms with E-state index in [4.69, 9.17) is 0 Å². The minimum atomic E-state index is -0.626. The highest BCUT2D eigenvalue weighted by Crippen LogP contribution is 2.30. The number of aliphatic hydroxyl groups is 1. The molecular weight excluding hydrogens is 255 g/mol. The molecule has 1 aromatic heterocycles.